The molecule has 2 atom stereocenters. The summed E-state index contributed by atoms with van der Waals surface area (Å²) >= 11 is 12.0. The predicted octanol–water partition coefficient (Wildman–Crippen LogP) is 3.34. The molecule has 0 spiro atoms. The highest BCUT2D eigenvalue weighted by atomic mass is 35.5. The Hall–Kier alpha value is -0.610. The van der Waals surface area contributed by atoms with Crippen molar-refractivity contribution in [2.75, 3.05) is 26.2 Å². The van der Waals surface area contributed by atoms with Crippen LogP contribution in [0.2, 0.25) is 10.0 Å². The third-order valence-corrected chi connectivity index (χ3v) is 5.19. The third kappa shape index (κ3) is 3.26. The minimum atomic E-state index is 0.0787. The zero-order valence-electron chi connectivity index (χ0n) is 12.2. The van der Waals surface area contributed by atoms with Crippen molar-refractivity contribution < 1.29 is 4.79 Å². The predicted molar refractivity (Wildman–Crippen MR) is 86.4 cm³/mol. The van der Waals surface area contributed by atoms with Gasteiger partial charge in [0, 0.05) is 35.8 Å². The van der Waals surface area contributed by atoms with Crippen LogP contribution in [-0.2, 0) is 0 Å². The molecule has 21 heavy (non-hydrogen) atoms. The first-order chi connectivity index (χ1) is 10.0. The number of halogens is 2. The van der Waals surface area contributed by atoms with Crippen LogP contribution in [0.3, 0.4) is 0 Å². The summed E-state index contributed by atoms with van der Waals surface area (Å²) in [5, 5.41) is 1.00. The molecular formula is C16H20Cl2N2O. The van der Waals surface area contributed by atoms with Crippen LogP contribution in [0.5, 0.6) is 0 Å². The lowest BCUT2D eigenvalue weighted by atomic mass is 10.1. The number of fused-ring (bicyclic) bond motifs is 1. The first-order valence-electron chi connectivity index (χ1n) is 7.51. The van der Waals surface area contributed by atoms with Crippen LogP contribution in [0.1, 0.15) is 30.1 Å². The first kappa shape index (κ1) is 15.3. The minimum Gasteiger partial charge on any atom is -0.298 e. The van der Waals surface area contributed by atoms with Crippen molar-refractivity contribution in [2.45, 2.75) is 31.8 Å². The summed E-state index contributed by atoms with van der Waals surface area (Å²) in [6.07, 6.45) is 2.53. The maximum Gasteiger partial charge on any atom is 0.178 e. The second kappa shape index (κ2) is 6.25. The Bertz CT molecular complexity index is 549. The summed E-state index contributed by atoms with van der Waals surface area (Å²) in [6, 6.07) is 6.11. The molecule has 0 saturated carbocycles. The SMILES string of the molecule is CC1CN2CCCC2CN1CC(=O)c1ccc(Cl)cc1Cl. The van der Waals surface area contributed by atoms with Gasteiger partial charge in [-0.3, -0.25) is 14.6 Å². The van der Waals surface area contributed by atoms with Crippen molar-refractivity contribution in [3.63, 3.8) is 0 Å². The lowest BCUT2D eigenvalue weighted by Crippen LogP contribution is -2.55. The molecule has 2 aliphatic rings. The van der Waals surface area contributed by atoms with Gasteiger partial charge in [-0.25, -0.2) is 0 Å². The lowest BCUT2D eigenvalue weighted by Gasteiger charge is -2.42. The summed E-state index contributed by atoms with van der Waals surface area (Å²) in [5.41, 5.74) is 0.571. The van der Waals surface area contributed by atoms with E-state index in [1.807, 2.05) is 0 Å². The average Bonchev–Trinajstić information content (AvgIpc) is 2.86. The van der Waals surface area contributed by atoms with Gasteiger partial charge in [0.25, 0.3) is 0 Å². The fourth-order valence-corrected chi connectivity index (χ4v) is 3.97. The number of ketones is 1. The Kier molecular flexibility index (Phi) is 4.55. The van der Waals surface area contributed by atoms with Crippen LogP contribution in [0.15, 0.2) is 18.2 Å². The summed E-state index contributed by atoms with van der Waals surface area (Å²) in [7, 11) is 0. The molecule has 0 aromatic heterocycles. The largest absolute Gasteiger partial charge is 0.298 e. The maximum atomic E-state index is 12.5. The van der Waals surface area contributed by atoms with Crippen LogP contribution in [0, 0.1) is 0 Å². The third-order valence-electron chi connectivity index (χ3n) is 4.64. The molecule has 0 N–H and O–H groups in total. The van der Waals surface area contributed by atoms with Gasteiger partial charge >= 0.3 is 0 Å². The van der Waals surface area contributed by atoms with Crippen molar-refractivity contribution in [3.8, 4) is 0 Å². The molecule has 2 saturated heterocycles. The van der Waals surface area contributed by atoms with E-state index in [0.29, 0.717) is 34.2 Å². The second-order valence-corrected chi connectivity index (χ2v) is 6.96. The molecule has 0 bridgehead atoms. The Labute approximate surface area is 135 Å². The summed E-state index contributed by atoms with van der Waals surface area (Å²) in [4.78, 5) is 17.3. The second-order valence-electron chi connectivity index (χ2n) is 6.12. The van der Waals surface area contributed by atoms with Gasteiger partial charge in [-0.1, -0.05) is 23.2 Å². The van der Waals surface area contributed by atoms with E-state index in [2.05, 4.69) is 16.7 Å². The number of piperazine rings is 1. The van der Waals surface area contributed by atoms with Crippen molar-refractivity contribution in [3.05, 3.63) is 33.8 Å². The van der Waals surface area contributed by atoms with Crippen LogP contribution in [0.25, 0.3) is 0 Å². The van der Waals surface area contributed by atoms with Crippen molar-refractivity contribution in [1.29, 1.82) is 0 Å². The lowest BCUT2D eigenvalue weighted by molar-refractivity contribution is 0.0535. The molecule has 114 valence electrons. The highest BCUT2D eigenvalue weighted by Gasteiger charge is 2.35. The zero-order chi connectivity index (χ0) is 15.0. The first-order valence-corrected chi connectivity index (χ1v) is 8.26. The highest BCUT2D eigenvalue weighted by molar-refractivity contribution is 6.36. The molecule has 0 radical (unpaired) electrons. The molecule has 2 unspecified atom stereocenters. The maximum absolute atomic E-state index is 12.5. The number of rotatable bonds is 3. The number of Topliss-reactive ketones (excluding diaryl/α,β-unsaturated/α-hetero) is 1. The fraction of sp³-hybridized carbons (Fsp3) is 0.562. The molecule has 0 amide bonds. The number of benzene rings is 1. The van der Waals surface area contributed by atoms with E-state index in [1.165, 1.54) is 19.4 Å². The fourth-order valence-electron chi connectivity index (χ4n) is 3.45. The summed E-state index contributed by atoms with van der Waals surface area (Å²) in [5.74, 6) is 0.0787. The Morgan fingerprint density at radius 2 is 2.14 bits per heavy atom. The number of hydrogen-bond donors (Lipinski definition) is 0. The number of carbonyl (C=O) groups excluding carboxylic acids is 1. The zero-order valence-corrected chi connectivity index (χ0v) is 13.7. The number of carbonyl (C=O) groups is 1. The molecule has 5 heteroatoms. The van der Waals surface area contributed by atoms with Crippen molar-refractivity contribution in [1.82, 2.24) is 9.80 Å². The quantitative estimate of drug-likeness (QED) is 0.796. The molecule has 0 aliphatic carbocycles. The van der Waals surface area contributed by atoms with Gasteiger partial charge in [0.05, 0.1) is 11.6 Å². The van der Waals surface area contributed by atoms with E-state index in [4.69, 9.17) is 23.2 Å². The van der Waals surface area contributed by atoms with Gasteiger partial charge < -0.3 is 0 Å². The van der Waals surface area contributed by atoms with Crippen LogP contribution in [0.4, 0.5) is 0 Å². The Morgan fingerprint density at radius 1 is 1.33 bits per heavy atom. The molecule has 2 aliphatic heterocycles. The standard InChI is InChI=1S/C16H20Cl2N2O/c1-11-8-19-6-2-3-13(19)9-20(11)10-16(21)14-5-4-12(17)7-15(14)18/h4-5,7,11,13H,2-3,6,8-10H2,1H3. The topological polar surface area (TPSA) is 23.6 Å². The molecule has 3 rings (SSSR count). The van der Waals surface area contributed by atoms with Gasteiger partial charge in [0.15, 0.2) is 5.78 Å². The normalized spacial score (nSPS) is 26.8. The molecule has 2 heterocycles. The number of nitrogens with zero attached hydrogens (tertiary/aromatic N) is 2. The highest BCUT2D eigenvalue weighted by Crippen LogP contribution is 2.26. The molecule has 1 aromatic rings. The molecule has 1 aromatic carbocycles. The Morgan fingerprint density at radius 3 is 2.90 bits per heavy atom. The minimum absolute atomic E-state index is 0.0787. The molecular weight excluding hydrogens is 307 g/mol. The van der Waals surface area contributed by atoms with Crippen molar-refractivity contribution >= 4 is 29.0 Å². The van der Waals surface area contributed by atoms with Gasteiger partial charge in [0.2, 0.25) is 0 Å². The molecule has 3 nitrogen and oxygen atoms in total. The van der Waals surface area contributed by atoms with E-state index in [9.17, 15) is 4.79 Å². The van der Waals surface area contributed by atoms with Gasteiger partial charge in [-0.05, 0) is 44.5 Å². The van der Waals surface area contributed by atoms with E-state index in [-0.39, 0.29) is 5.78 Å². The van der Waals surface area contributed by atoms with Crippen LogP contribution < -0.4 is 0 Å². The van der Waals surface area contributed by atoms with Gasteiger partial charge in [-0.15, -0.1) is 0 Å². The van der Waals surface area contributed by atoms with Crippen molar-refractivity contribution in [2.24, 2.45) is 0 Å². The Balaban J connectivity index is 1.69. The summed E-state index contributed by atoms with van der Waals surface area (Å²) < 4.78 is 0. The van der Waals surface area contributed by atoms with Gasteiger partial charge in [-0.2, -0.15) is 0 Å². The smallest absolute Gasteiger partial charge is 0.178 e. The van der Waals surface area contributed by atoms with E-state index in [1.54, 1.807) is 18.2 Å². The van der Waals surface area contributed by atoms with E-state index < -0.39 is 0 Å². The molecule has 2 fully saturated rings. The van der Waals surface area contributed by atoms with Crippen LogP contribution >= 0.6 is 23.2 Å². The van der Waals surface area contributed by atoms with E-state index >= 15 is 0 Å². The van der Waals surface area contributed by atoms with Crippen LogP contribution in [-0.4, -0.2) is 53.8 Å². The summed E-state index contributed by atoms with van der Waals surface area (Å²) in [6.45, 7) is 5.89. The average molecular weight is 327 g/mol. The number of hydrogen-bond acceptors (Lipinski definition) is 3. The van der Waals surface area contributed by atoms with Gasteiger partial charge in [0.1, 0.15) is 0 Å². The monoisotopic (exact) mass is 326 g/mol. The van der Waals surface area contributed by atoms with E-state index in [0.717, 1.165) is 13.1 Å².